The van der Waals surface area contributed by atoms with E-state index in [4.69, 9.17) is 5.26 Å². The number of nitrogens with one attached hydrogen (secondary N) is 2. The van der Waals surface area contributed by atoms with Crippen molar-refractivity contribution in [2.24, 2.45) is 0 Å². The van der Waals surface area contributed by atoms with E-state index in [1.165, 1.54) is 0 Å². The Morgan fingerprint density at radius 2 is 2.28 bits per heavy atom. The van der Waals surface area contributed by atoms with E-state index < -0.39 is 0 Å². The lowest BCUT2D eigenvalue weighted by molar-refractivity contribution is -0.120. The van der Waals surface area contributed by atoms with Gasteiger partial charge in [0, 0.05) is 10.5 Å². The standard InChI is InChI=1S/C13H16BrN3O/c1-3-9(2)17-13(18)8-16-12-5-4-11(14)6-10(12)7-15/h4-6,9,16H,3,8H2,1-2H3,(H,17,18). The number of carbonyl (C=O) groups is 1. The number of hydrogen-bond acceptors (Lipinski definition) is 3. The normalized spacial score (nSPS) is 11.4. The monoisotopic (exact) mass is 309 g/mol. The summed E-state index contributed by atoms with van der Waals surface area (Å²) in [5.74, 6) is -0.0730. The minimum absolute atomic E-state index is 0.0730. The summed E-state index contributed by atoms with van der Waals surface area (Å²) in [6.45, 7) is 4.14. The van der Waals surface area contributed by atoms with E-state index in [1.807, 2.05) is 19.9 Å². The Bertz CT molecular complexity index is 468. The number of rotatable bonds is 5. The van der Waals surface area contributed by atoms with Crippen molar-refractivity contribution in [3.8, 4) is 6.07 Å². The summed E-state index contributed by atoms with van der Waals surface area (Å²) in [6.07, 6.45) is 0.896. The van der Waals surface area contributed by atoms with Crippen LogP contribution in [0.1, 0.15) is 25.8 Å². The second-order valence-corrected chi connectivity index (χ2v) is 4.95. The maximum absolute atomic E-state index is 11.6. The molecule has 1 aromatic carbocycles. The Hall–Kier alpha value is -1.54. The second kappa shape index (κ2) is 7.02. The molecule has 96 valence electrons. The van der Waals surface area contributed by atoms with Gasteiger partial charge in [-0.2, -0.15) is 5.26 Å². The molecule has 0 fully saturated rings. The first kappa shape index (κ1) is 14.5. The van der Waals surface area contributed by atoms with Gasteiger partial charge in [-0.15, -0.1) is 0 Å². The van der Waals surface area contributed by atoms with E-state index in [-0.39, 0.29) is 18.5 Å². The highest BCUT2D eigenvalue weighted by molar-refractivity contribution is 9.10. The van der Waals surface area contributed by atoms with Crippen LogP contribution in [0.5, 0.6) is 0 Å². The molecule has 1 amide bonds. The third-order valence-corrected chi connectivity index (χ3v) is 3.05. The Labute approximate surface area is 116 Å². The fraction of sp³-hybridized carbons (Fsp3) is 0.385. The molecule has 0 aliphatic carbocycles. The minimum atomic E-state index is -0.0730. The van der Waals surface area contributed by atoms with Gasteiger partial charge in [0.15, 0.2) is 0 Å². The molecule has 1 aromatic rings. The van der Waals surface area contributed by atoms with Crippen molar-refractivity contribution in [1.29, 1.82) is 5.26 Å². The molecule has 0 aliphatic heterocycles. The summed E-state index contributed by atoms with van der Waals surface area (Å²) in [4.78, 5) is 11.6. The molecule has 2 N–H and O–H groups in total. The van der Waals surface area contributed by atoms with Crippen molar-refractivity contribution >= 4 is 27.5 Å². The molecular formula is C13H16BrN3O. The number of hydrogen-bond donors (Lipinski definition) is 2. The highest BCUT2D eigenvalue weighted by Crippen LogP contribution is 2.19. The SMILES string of the molecule is CCC(C)NC(=O)CNc1ccc(Br)cc1C#N. The molecule has 5 heteroatoms. The number of benzene rings is 1. The van der Waals surface area contributed by atoms with Gasteiger partial charge in [0.1, 0.15) is 6.07 Å². The first-order valence-electron chi connectivity index (χ1n) is 5.79. The molecular weight excluding hydrogens is 294 g/mol. The van der Waals surface area contributed by atoms with Gasteiger partial charge < -0.3 is 10.6 Å². The van der Waals surface area contributed by atoms with E-state index in [0.29, 0.717) is 11.3 Å². The lowest BCUT2D eigenvalue weighted by atomic mass is 10.2. The summed E-state index contributed by atoms with van der Waals surface area (Å²) in [5.41, 5.74) is 1.18. The highest BCUT2D eigenvalue weighted by atomic mass is 79.9. The Balaban J connectivity index is 2.59. The molecule has 0 saturated carbocycles. The van der Waals surface area contributed by atoms with Gasteiger partial charge in [0.05, 0.1) is 17.8 Å². The molecule has 0 aromatic heterocycles. The summed E-state index contributed by atoms with van der Waals surface area (Å²) >= 11 is 3.30. The summed E-state index contributed by atoms with van der Waals surface area (Å²) in [7, 11) is 0. The Morgan fingerprint density at radius 3 is 2.89 bits per heavy atom. The van der Waals surface area contributed by atoms with Crippen LogP contribution < -0.4 is 10.6 Å². The van der Waals surface area contributed by atoms with Crippen molar-refractivity contribution in [3.05, 3.63) is 28.2 Å². The van der Waals surface area contributed by atoms with Crippen LogP contribution in [0.3, 0.4) is 0 Å². The largest absolute Gasteiger partial charge is 0.375 e. The van der Waals surface area contributed by atoms with Crippen LogP contribution in [0.25, 0.3) is 0 Å². The summed E-state index contributed by atoms with van der Waals surface area (Å²) < 4.78 is 0.841. The zero-order chi connectivity index (χ0) is 13.5. The second-order valence-electron chi connectivity index (χ2n) is 4.03. The van der Waals surface area contributed by atoms with E-state index in [2.05, 4.69) is 32.6 Å². The van der Waals surface area contributed by atoms with Crippen molar-refractivity contribution in [3.63, 3.8) is 0 Å². The molecule has 0 spiro atoms. The van der Waals surface area contributed by atoms with Crippen molar-refractivity contribution in [2.45, 2.75) is 26.3 Å². The first-order chi connectivity index (χ1) is 8.56. The minimum Gasteiger partial charge on any atom is -0.375 e. The molecule has 1 unspecified atom stereocenters. The Morgan fingerprint density at radius 1 is 1.56 bits per heavy atom. The fourth-order valence-corrected chi connectivity index (χ4v) is 1.73. The number of halogens is 1. The van der Waals surface area contributed by atoms with Crippen LogP contribution in [0, 0.1) is 11.3 Å². The topological polar surface area (TPSA) is 64.9 Å². The molecule has 0 radical (unpaired) electrons. The van der Waals surface area contributed by atoms with E-state index in [9.17, 15) is 4.79 Å². The van der Waals surface area contributed by atoms with Gasteiger partial charge in [-0.25, -0.2) is 0 Å². The third kappa shape index (κ3) is 4.38. The number of nitriles is 1. The van der Waals surface area contributed by atoms with Gasteiger partial charge in [0.2, 0.25) is 5.91 Å². The molecule has 18 heavy (non-hydrogen) atoms. The fourth-order valence-electron chi connectivity index (χ4n) is 1.37. The zero-order valence-corrected chi connectivity index (χ0v) is 12.0. The van der Waals surface area contributed by atoms with E-state index in [0.717, 1.165) is 10.9 Å². The highest BCUT2D eigenvalue weighted by Gasteiger charge is 2.07. The van der Waals surface area contributed by atoms with Gasteiger partial charge >= 0.3 is 0 Å². The predicted octanol–water partition coefficient (Wildman–Crippen LogP) is 2.65. The number of amides is 1. The van der Waals surface area contributed by atoms with Crippen LogP contribution >= 0.6 is 15.9 Å². The Kier molecular flexibility index (Phi) is 5.66. The molecule has 1 atom stereocenters. The van der Waals surface area contributed by atoms with Crippen LogP contribution in [-0.2, 0) is 4.79 Å². The quantitative estimate of drug-likeness (QED) is 0.879. The molecule has 1 rings (SSSR count). The number of carbonyl (C=O) groups excluding carboxylic acids is 1. The van der Waals surface area contributed by atoms with Crippen molar-refractivity contribution in [2.75, 3.05) is 11.9 Å². The van der Waals surface area contributed by atoms with Crippen LogP contribution in [0.15, 0.2) is 22.7 Å². The lowest BCUT2D eigenvalue weighted by Crippen LogP contribution is -2.36. The average Bonchev–Trinajstić information content (AvgIpc) is 2.36. The average molecular weight is 310 g/mol. The number of anilines is 1. The van der Waals surface area contributed by atoms with Crippen LogP contribution in [0.4, 0.5) is 5.69 Å². The summed E-state index contributed by atoms with van der Waals surface area (Å²) in [5, 5.41) is 14.8. The van der Waals surface area contributed by atoms with Crippen LogP contribution in [-0.4, -0.2) is 18.5 Å². The lowest BCUT2D eigenvalue weighted by Gasteiger charge is -2.13. The van der Waals surface area contributed by atoms with Crippen LogP contribution in [0.2, 0.25) is 0 Å². The van der Waals surface area contributed by atoms with E-state index in [1.54, 1.807) is 12.1 Å². The molecule has 0 bridgehead atoms. The molecule has 0 aliphatic rings. The summed E-state index contributed by atoms with van der Waals surface area (Å²) in [6, 6.07) is 7.58. The molecule has 4 nitrogen and oxygen atoms in total. The first-order valence-corrected chi connectivity index (χ1v) is 6.59. The number of nitrogens with zero attached hydrogens (tertiary/aromatic N) is 1. The van der Waals surface area contributed by atoms with Gasteiger partial charge in [0.25, 0.3) is 0 Å². The van der Waals surface area contributed by atoms with E-state index >= 15 is 0 Å². The maximum atomic E-state index is 11.6. The maximum Gasteiger partial charge on any atom is 0.239 e. The molecule has 0 saturated heterocycles. The van der Waals surface area contributed by atoms with Gasteiger partial charge in [-0.1, -0.05) is 22.9 Å². The van der Waals surface area contributed by atoms with Crippen molar-refractivity contribution in [1.82, 2.24) is 5.32 Å². The van der Waals surface area contributed by atoms with Crippen molar-refractivity contribution < 1.29 is 4.79 Å². The van der Waals surface area contributed by atoms with Gasteiger partial charge in [-0.3, -0.25) is 4.79 Å². The zero-order valence-electron chi connectivity index (χ0n) is 10.5. The molecule has 0 heterocycles. The smallest absolute Gasteiger partial charge is 0.239 e. The predicted molar refractivity (Wildman–Crippen MR) is 75.2 cm³/mol. The van der Waals surface area contributed by atoms with Gasteiger partial charge in [-0.05, 0) is 31.5 Å². The third-order valence-electron chi connectivity index (χ3n) is 2.56.